The fourth-order valence-electron chi connectivity index (χ4n) is 1.75. The number of carbonyl (C=O) groups excluding carboxylic acids is 1. The molecule has 3 N–H and O–H groups in total. The zero-order valence-corrected chi connectivity index (χ0v) is 11.6. The molecule has 0 fully saturated rings. The third-order valence-corrected chi connectivity index (χ3v) is 2.76. The average Bonchev–Trinajstić information content (AvgIpc) is 3.02. The maximum absolute atomic E-state index is 12.3. The number of carbonyl (C=O) groups is 1. The Morgan fingerprint density at radius 1 is 1.48 bits per heavy atom. The number of aromatic amines is 1. The summed E-state index contributed by atoms with van der Waals surface area (Å²) in [5.41, 5.74) is 0.802. The highest BCUT2D eigenvalue weighted by molar-refractivity contribution is 5.94. The van der Waals surface area contributed by atoms with Crippen LogP contribution in [-0.4, -0.2) is 32.6 Å². The Labute approximate surface area is 122 Å². The van der Waals surface area contributed by atoms with Crippen LogP contribution in [0.15, 0.2) is 30.7 Å². The van der Waals surface area contributed by atoms with Gasteiger partial charge in [-0.15, -0.1) is 0 Å². The molecule has 1 atom stereocenters. The van der Waals surface area contributed by atoms with Crippen LogP contribution < -0.4 is 5.32 Å². The molecule has 0 saturated heterocycles. The summed E-state index contributed by atoms with van der Waals surface area (Å²) in [6.07, 6.45) is 5.23. The van der Waals surface area contributed by atoms with E-state index in [9.17, 15) is 4.79 Å². The fourth-order valence-corrected chi connectivity index (χ4v) is 1.75. The van der Waals surface area contributed by atoms with Crippen LogP contribution >= 0.6 is 0 Å². The van der Waals surface area contributed by atoms with Crippen molar-refractivity contribution >= 4 is 5.91 Å². The first kappa shape index (κ1) is 14.8. The largest absolute Gasteiger partial charge is 0.395 e. The second-order valence-corrected chi connectivity index (χ2v) is 4.34. The Hall–Kier alpha value is -2.65. The molecule has 0 aliphatic rings. The average molecular weight is 284 g/mol. The van der Waals surface area contributed by atoms with Gasteiger partial charge in [-0.05, 0) is 19.1 Å². The summed E-state index contributed by atoms with van der Waals surface area (Å²) < 4.78 is 0. The third kappa shape index (κ3) is 3.91. The van der Waals surface area contributed by atoms with Crippen molar-refractivity contribution in [2.75, 3.05) is 6.61 Å². The summed E-state index contributed by atoms with van der Waals surface area (Å²) in [7, 11) is 0. The number of rotatable bonds is 4. The maximum Gasteiger partial charge on any atom is 0.271 e. The number of nitrogens with zero attached hydrogens (tertiary/aromatic N) is 2. The summed E-state index contributed by atoms with van der Waals surface area (Å²) in [6, 6.07) is 3.19. The van der Waals surface area contributed by atoms with Gasteiger partial charge in [-0.25, -0.2) is 9.97 Å². The van der Waals surface area contributed by atoms with Gasteiger partial charge in [-0.2, -0.15) is 0 Å². The van der Waals surface area contributed by atoms with Crippen LogP contribution in [0.5, 0.6) is 0 Å². The molecule has 1 amide bonds. The van der Waals surface area contributed by atoms with Gasteiger partial charge in [-0.3, -0.25) is 4.79 Å². The highest BCUT2D eigenvalue weighted by atomic mass is 16.2. The molecule has 0 aliphatic heterocycles. The van der Waals surface area contributed by atoms with Crippen molar-refractivity contribution in [1.82, 2.24) is 20.3 Å². The number of hydrogen-bond acceptors (Lipinski definition) is 4. The molecule has 2 heterocycles. The monoisotopic (exact) mass is 284 g/mol. The number of pyridine rings is 1. The van der Waals surface area contributed by atoms with Crippen LogP contribution in [0.25, 0.3) is 0 Å². The van der Waals surface area contributed by atoms with E-state index in [1.807, 2.05) is 6.92 Å². The van der Waals surface area contributed by atoms with Gasteiger partial charge in [0.05, 0.1) is 18.2 Å². The lowest BCUT2D eigenvalue weighted by Crippen LogP contribution is -2.28. The molecule has 0 aromatic carbocycles. The molecule has 21 heavy (non-hydrogen) atoms. The summed E-state index contributed by atoms with van der Waals surface area (Å²) in [4.78, 5) is 23.4. The molecule has 0 bridgehead atoms. The lowest BCUT2D eigenvalue weighted by molar-refractivity contribution is 0.0933. The van der Waals surface area contributed by atoms with Crippen molar-refractivity contribution in [2.24, 2.45) is 0 Å². The number of hydrogen-bond donors (Lipinski definition) is 3. The van der Waals surface area contributed by atoms with Crippen LogP contribution in [0.2, 0.25) is 0 Å². The standard InChI is InChI=1S/C15H16N4O2/c1-11(14-17-8-9-18-14)19-15(21)13-12(5-2-3-10-20)6-4-7-16-13/h4,6-9,11,20H,3,10H2,1H3,(H,17,18)(H,19,21). The Morgan fingerprint density at radius 3 is 3.05 bits per heavy atom. The summed E-state index contributed by atoms with van der Waals surface area (Å²) in [5.74, 6) is 6.00. The van der Waals surface area contributed by atoms with Crippen LogP contribution in [0, 0.1) is 11.8 Å². The molecular weight excluding hydrogens is 268 g/mol. The molecule has 0 saturated carbocycles. The lowest BCUT2D eigenvalue weighted by atomic mass is 10.1. The Bertz CT molecular complexity index is 656. The predicted octanol–water partition coefficient (Wildman–Crippen LogP) is 1.03. The first-order chi connectivity index (χ1) is 10.2. The minimum atomic E-state index is -0.312. The first-order valence-electron chi connectivity index (χ1n) is 6.57. The number of imidazole rings is 1. The van der Waals surface area contributed by atoms with Crippen LogP contribution in [0.1, 0.15) is 41.3 Å². The van der Waals surface area contributed by atoms with Gasteiger partial charge in [0.25, 0.3) is 5.91 Å². The Morgan fingerprint density at radius 2 is 2.33 bits per heavy atom. The number of nitrogens with one attached hydrogen (secondary N) is 2. The molecule has 0 aliphatic carbocycles. The van der Waals surface area contributed by atoms with Crippen molar-refractivity contribution in [3.05, 3.63) is 47.8 Å². The van der Waals surface area contributed by atoms with Crippen molar-refractivity contribution in [1.29, 1.82) is 0 Å². The van der Waals surface area contributed by atoms with Crippen molar-refractivity contribution in [2.45, 2.75) is 19.4 Å². The van der Waals surface area contributed by atoms with Gasteiger partial charge < -0.3 is 15.4 Å². The summed E-state index contributed by atoms with van der Waals surface area (Å²) in [6.45, 7) is 1.82. The zero-order valence-electron chi connectivity index (χ0n) is 11.6. The van der Waals surface area contributed by atoms with E-state index in [-0.39, 0.29) is 24.2 Å². The van der Waals surface area contributed by atoms with Gasteiger partial charge >= 0.3 is 0 Å². The molecule has 6 nitrogen and oxygen atoms in total. The highest BCUT2D eigenvalue weighted by Gasteiger charge is 2.16. The highest BCUT2D eigenvalue weighted by Crippen LogP contribution is 2.09. The molecule has 108 valence electrons. The van der Waals surface area contributed by atoms with Crippen molar-refractivity contribution < 1.29 is 9.90 Å². The van der Waals surface area contributed by atoms with Gasteiger partial charge in [0.1, 0.15) is 11.5 Å². The molecule has 6 heteroatoms. The number of aliphatic hydroxyl groups excluding tert-OH is 1. The van der Waals surface area contributed by atoms with E-state index in [0.717, 1.165) is 0 Å². The Balaban J connectivity index is 2.14. The predicted molar refractivity (Wildman–Crippen MR) is 77.3 cm³/mol. The first-order valence-corrected chi connectivity index (χ1v) is 6.57. The molecule has 0 radical (unpaired) electrons. The van der Waals surface area contributed by atoms with Crippen LogP contribution in [0.3, 0.4) is 0 Å². The smallest absolute Gasteiger partial charge is 0.271 e. The van der Waals surface area contributed by atoms with Gasteiger partial charge in [0.15, 0.2) is 0 Å². The van der Waals surface area contributed by atoms with E-state index in [4.69, 9.17) is 5.11 Å². The summed E-state index contributed by atoms with van der Waals surface area (Å²) >= 11 is 0. The normalized spacial score (nSPS) is 11.3. The van der Waals surface area contributed by atoms with E-state index < -0.39 is 0 Å². The summed E-state index contributed by atoms with van der Waals surface area (Å²) in [5, 5.41) is 11.6. The fraction of sp³-hybridized carbons (Fsp3) is 0.267. The second kappa shape index (κ2) is 7.22. The minimum Gasteiger partial charge on any atom is -0.395 e. The number of aromatic nitrogens is 3. The molecule has 0 spiro atoms. The maximum atomic E-state index is 12.3. The van der Waals surface area contributed by atoms with E-state index >= 15 is 0 Å². The number of amides is 1. The van der Waals surface area contributed by atoms with Gasteiger partial charge in [-0.1, -0.05) is 11.8 Å². The van der Waals surface area contributed by atoms with Crippen molar-refractivity contribution in [3.63, 3.8) is 0 Å². The second-order valence-electron chi connectivity index (χ2n) is 4.34. The number of aliphatic hydroxyl groups is 1. The van der Waals surface area contributed by atoms with Gasteiger partial charge in [0.2, 0.25) is 0 Å². The molecule has 2 rings (SSSR count). The van der Waals surface area contributed by atoms with E-state index in [2.05, 4.69) is 32.1 Å². The molecule has 2 aromatic rings. The number of H-pyrrole nitrogens is 1. The van der Waals surface area contributed by atoms with Crippen molar-refractivity contribution in [3.8, 4) is 11.8 Å². The van der Waals surface area contributed by atoms with E-state index in [1.165, 1.54) is 0 Å². The topological polar surface area (TPSA) is 90.9 Å². The minimum absolute atomic E-state index is 0.00960. The molecular formula is C15H16N4O2. The SMILES string of the molecule is CC(NC(=O)c1ncccc1C#CCCO)c1ncc[nH]1. The van der Waals surface area contributed by atoms with Gasteiger partial charge in [0, 0.05) is 25.0 Å². The quantitative estimate of drug-likeness (QED) is 0.731. The zero-order chi connectivity index (χ0) is 15.1. The van der Waals surface area contributed by atoms with Crippen LogP contribution in [0.4, 0.5) is 0 Å². The third-order valence-electron chi connectivity index (χ3n) is 2.76. The van der Waals surface area contributed by atoms with E-state index in [1.54, 1.807) is 30.7 Å². The lowest BCUT2D eigenvalue weighted by Gasteiger charge is -2.11. The Kier molecular flexibility index (Phi) is 5.07. The molecule has 2 aromatic heterocycles. The molecule has 1 unspecified atom stereocenters. The van der Waals surface area contributed by atoms with Crippen LogP contribution in [-0.2, 0) is 0 Å². The van der Waals surface area contributed by atoms with E-state index in [0.29, 0.717) is 17.8 Å².